The molecule has 0 spiro atoms. The lowest BCUT2D eigenvalue weighted by Crippen LogP contribution is -2.30. The fraction of sp³-hybridized carbons (Fsp3) is 0.889. The van der Waals surface area contributed by atoms with Crippen molar-refractivity contribution < 1.29 is 13.2 Å². The van der Waals surface area contributed by atoms with Crippen LogP contribution in [0.3, 0.4) is 0 Å². The Labute approximate surface area is 85.0 Å². The molecule has 14 heavy (non-hydrogen) atoms. The molecule has 1 N–H and O–H groups in total. The van der Waals surface area contributed by atoms with Crippen molar-refractivity contribution in [3.63, 3.8) is 0 Å². The lowest BCUT2D eigenvalue weighted by molar-refractivity contribution is -0.112. The van der Waals surface area contributed by atoms with Crippen LogP contribution in [0.1, 0.15) is 26.2 Å². The molecule has 1 aliphatic heterocycles. The highest BCUT2D eigenvalue weighted by Gasteiger charge is 2.24. The van der Waals surface area contributed by atoms with E-state index in [2.05, 4.69) is 5.32 Å². The van der Waals surface area contributed by atoms with E-state index in [1.807, 2.05) is 0 Å². The zero-order valence-corrected chi connectivity index (χ0v) is 9.27. The molecule has 0 bridgehead atoms. The van der Waals surface area contributed by atoms with Crippen molar-refractivity contribution >= 4 is 15.0 Å². The summed E-state index contributed by atoms with van der Waals surface area (Å²) in [6.45, 7) is 3.30. The molecule has 4 nitrogen and oxygen atoms in total. The Morgan fingerprint density at radius 3 is 2.43 bits per heavy atom. The molecule has 0 radical (unpaired) electrons. The van der Waals surface area contributed by atoms with Crippen LogP contribution in [0.25, 0.3) is 0 Å². The molecule has 0 atom stereocenters. The second-order valence-corrected chi connectivity index (χ2v) is 5.94. The van der Waals surface area contributed by atoms with Gasteiger partial charge in [0.05, 0.1) is 5.75 Å². The highest BCUT2D eigenvalue weighted by Crippen LogP contribution is 2.17. The number of sulfone groups is 1. The summed E-state index contributed by atoms with van der Waals surface area (Å²) in [4.78, 5) is 11.4. The molecule has 1 saturated heterocycles. The third kappa shape index (κ3) is 3.06. The second-order valence-electron chi connectivity index (χ2n) is 3.67. The number of nitrogens with one attached hydrogen (secondary N) is 1. The lowest BCUT2D eigenvalue weighted by atomic mass is 9.95. The van der Waals surface area contributed by atoms with Crippen LogP contribution >= 0.6 is 0 Å². The van der Waals surface area contributed by atoms with Gasteiger partial charge in [0.2, 0.25) is 15.0 Å². The monoisotopic (exact) mass is 219 g/mol. The molecule has 1 heterocycles. The van der Waals surface area contributed by atoms with Crippen molar-refractivity contribution in [2.24, 2.45) is 5.92 Å². The summed E-state index contributed by atoms with van der Waals surface area (Å²) in [7, 11) is -3.46. The van der Waals surface area contributed by atoms with Crippen LogP contribution in [0.2, 0.25) is 0 Å². The van der Waals surface area contributed by atoms with E-state index < -0.39 is 15.0 Å². The molecule has 82 valence electrons. The molecular formula is C9H17NO3S. The van der Waals surface area contributed by atoms with E-state index in [4.69, 9.17) is 0 Å². The van der Waals surface area contributed by atoms with E-state index in [1.165, 1.54) is 6.92 Å². The van der Waals surface area contributed by atoms with E-state index in [0.717, 1.165) is 25.9 Å². The van der Waals surface area contributed by atoms with Crippen molar-refractivity contribution in [1.82, 2.24) is 5.32 Å². The molecule has 5 heteroatoms. The number of carbonyl (C=O) groups is 1. The van der Waals surface area contributed by atoms with Crippen LogP contribution in [-0.2, 0) is 14.6 Å². The van der Waals surface area contributed by atoms with Gasteiger partial charge in [-0.05, 0) is 31.8 Å². The minimum Gasteiger partial charge on any atom is -0.317 e. The summed E-state index contributed by atoms with van der Waals surface area (Å²) < 4.78 is 22.4. The quantitative estimate of drug-likeness (QED) is 0.743. The van der Waals surface area contributed by atoms with Gasteiger partial charge in [0.1, 0.15) is 0 Å². The summed E-state index contributed by atoms with van der Waals surface area (Å²) in [5, 5.41) is 2.60. The van der Waals surface area contributed by atoms with Gasteiger partial charge in [-0.2, -0.15) is 0 Å². The first kappa shape index (κ1) is 11.7. The van der Waals surface area contributed by atoms with Gasteiger partial charge in [-0.3, -0.25) is 4.79 Å². The molecule has 0 unspecified atom stereocenters. The average molecular weight is 219 g/mol. The lowest BCUT2D eigenvalue weighted by Gasteiger charge is -2.21. The summed E-state index contributed by atoms with van der Waals surface area (Å²) in [5.74, 6) is 0.182. The van der Waals surface area contributed by atoms with Crippen LogP contribution in [-0.4, -0.2) is 32.4 Å². The third-order valence-corrected chi connectivity index (χ3v) is 4.26. The average Bonchev–Trinajstić information content (AvgIpc) is 2.19. The Balaban J connectivity index is 2.47. The first-order valence-electron chi connectivity index (χ1n) is 5.02. The number of rotatable bonds is 3. The van der Waals surface area contributed by atoms with E-state index in [-0.39, 0.29) is 18.1 Å². The van der Waals surface area contributed by atoms with Crippen LogP contribution in [0.4, 0.5) is 0 Å². The first-order chi connectivity index (χ1) is 6.56. The minimum absolute atomic E-state index is 0.0726. The topological polar surface area (TPSA) is 63.2 Å². The van der Waals surface area contributed by atoms with Crippen LogP contribution in [0, 0.1) is 5.92 Å². The number of hydrogen-bond acceptors (Lipinski definition) is 4. The molecular weight excluding hydrogens is 202 g/mol. The van der Waals surface area contributed by atoms with Crippen molar-refractivity contribution in [1.29, 1.82) is 0 Å². The smallest absolute Gasteiger partial charge is 0.246 e. The maximum absolute atomic E-state index is 11.4. The molecule has 0 aromatic heterocycles. The van der Waals surface area contributed by atoms with Crippen molar-refractivity contribution in [2.45, 2.75) is 26.2 Å². The number of hydrogen-bond donors (Lipinski definition) is 1. The van der Waals surface area contributed by atoms with E-state index in [9.17, 15) is 13.2 Å². The second kappa shape index (κ2) is 4.89. The van der Waals surface area contributed by atoms with Crippen molar-refractivity contribution in [3.8, 4) is 0 Å². The molecule has 0 aromatic rings. The largest absolute Gasteiger partial charge is 0.317 e. The fourth-order valence-corrected chi connectivity index (χ4v) is 2.42. The van der Waals surface area contributed by atoms with Gasteiger partial charge >= 0.3 is 0 Å². The number of piperidine rings is 1. The van der Waals surface area contributed by atoms with Gasteiger partial charge in [0.15, 0.2) is 0 Å². The minimum atomic E-state index is -3.46. The van der Waals surface area contributed by atoms with Crippen LogP contribution in [0.5, 0.6) is 0 Å². The Hall–Kier alpha value is -0.420. The zero-order valence-electron chi connectivity index (χ0n) is 8.45. The normalized spacial score (nSPS) is 19.5. The van der Waals surface area contributed by atoms with Gasteiger partial charge in [-0.1, -0.05) is 6.92 Å². The summed E-state index contributed by atoms with van der Waals surface area (Å²) >= 11 is 0. The summed E-state index contributed by atoms with van der Waals surface area (Å²) in [6, 6.07) is 0. The van der Waals surface area contributed by atoms with Crippen molar-refractivity contribution in [2.75, 3.05) is 18.8 Å². The third-order valence-electron chi connectivity index (χ3n) is 2.64. The number of carbonyl (C=O) groups excluding carboxylic acids is 1. The fourth-order valence-electron chi connectivity index (χ4n) is 1.61. The van der Waals surface area contributed by atoms with Gasteiger partial charge in [-0.25, -0.2) is 8.42 Å². The molecule has 0 aliphatic carbocycles. The predicted octanol–water partition coefficient (Wildman–Crippen LogP) is 0.337. The Morgan fingerprint density at radius 2 is 1.93 bits per heavy atom. The Bertz CT molecular complexity index is 291. The Morgan fingerprint density at radius 1 is 1.36 bits per heavy atom. The summed E-state index contributed by atoms with van der Waals surface area (Å²) in [6.07, 6.45) is 2.02. The standard InChI is InChI=1S/C9H17NO3S/c1-2-14(12,13)9(11)7-8-3-5-10-6-4-8/h8,10H,2-7H2,1H3. The molecule has 1 aliphatic rings. The first-order valence-corrected chi connectivity index (χ1v) is 6.68. The molecule has 1 rings (SSSR count). The van der Waals surface area contributed by atoms with Gasteiger partial charge in [0, 0.05) is 6.42 Å². The van der Waals surface area contributed by atoms with Gasteiger partial charge in [-0.15, -0.1) is 0 Å². The maximum Gasteiger partial charge on any atom is 0.246 e. The van der Waals surface area contributed by atoms with Crippen LogP contribution < -0.4 is 5.32 Å². The zero-order chi connectivity index (χ0) is 10.6. The highest BCUT2D eigenvalue weighted by atomic mass is 32.2. The predicted molar refractivity (Wildman–Crippen MR) is 54.7 cm³/mol. The van der Waals surface area contributed by atoms with E-state index >= 15 is 0 Å². The summed E-state index contributed by atoms with van der Waals surface area (Å²) in [5.41, 5.74) is 0. The molecule has 0 saturated carbocycles. The molecule has 1 fully saturated rings. The van der Waals surface area contributed by atoms with Gasteiger partial charge in [0.25, 0.3) is 0 Å². The van der Waals surface area contributed by atoms with Crippen LogP contribution in [0.15, 0.2) is 0 Å². The van der Waals surface area contributed by atoms with Gasteiger partial charge < -0.3 is 5.32 Å². The maximum atomic E-state index is 11.4. The van der Waals surface area contributed by atoms with E-state index in [1.54, 1.807) is 0 Å². The Kier molecular flexibility index (Phi) is 4.07. The van der Waals surface area contributed by atoms with E-state index in [0.29, 0.717) is 0 Å². The van der Waals surface area contributed by atoms with Crippen molar-refractivity contribution in [3.05, 3.63) is 0 Å². The highest BCUT2D eigenvalue weighted by molar-refractivity contribution is 8.06. The molecule has 0 aromatic carbocycles. The SMILES string of the molecule is CCS(=O)(=O)C(=O)CC1CCNCC1. The molecule has 0 amide bonds.